The Morgan fingerprint density at radius 3 is 2.35 bits per heavy atom. The first-order valence-electron chi connectivity index (χ1n) is 7.12. The van der Waals surface area contributed by atoms with E-state index in [1.807, 2.05) is 12.2 Å². The van der Waals surface area contributed by atoms with Crippen LogP contribution in [0, 0.1) is 11.8 Å². The number of fused-ring (bicyclic) bond motifs is 5. The summed E-state index contributed by atoms with van der Waals surface area (Å²) in [7, 11) is 1.24. The van der Waals surface area contributed by atoms with Gasteiger partial charge in [-0.15, -0.1) is 0 Å². The number of carbonyl (C=O) groups excluding carboxylic acids is 3. The number of benzene rings is 1. The Kier molecular flexibility index (Phi) is 3.08. The van der Waals surface area contributed by atoms with Crippen LogP contribution in [0.3, 0.4) is 0 Å². The number of anilines is 1. The summed E-state index contributed by atoms with van der Waals surface area (Å²) < 4.78 is 10.3. The molecular weight excluding hydrogens is 322 g/mol. The smallest absolute Gasteiger partial charge is 0.339 e. The highest BCUT2D eigenvalue weighted by Gasteiger charge is 2.61. The van der Waals surface area contributed by atoms with Gasteiger partial charge in [0.2, 0.25) is 11.8 Å². The minimum absolute atomic E-state index is 0.113. The van der Waals surface area contributed by atoms with Crippen LogP contribution in [0.2, 0.25) is 5.02 Å². The Hall–Kier alpha value is -2.18. The van der Waals surface area contributed by atoms with E-state index in [9.17, 15) is 14.4 Å². The lowest BCUT2D eigenvalue weighted by molar-refractivity contribution is -0.124. The minimum Gasteiger partial charge on any atom is -0.465 e. The fourth-order valence-electron chi connectivity index (χ4n) is 3.48. The molecule has 1 aromatic rings. The van der Waals surface area contributed by atoms with Gasteiger partial charge in [-0.3, -0.25) is 9.59 Å². The summed E-state index contributed by atoms with van der Waals surface area (Å²) in [4.78, 5) is 38.2. The molecule has 2 bridgehead atoms. The maximum absolute atomic E-state index is 12.7. The fourth-order valence-corrected chi connectivity index (χ4v) is 3.67. The largest absolute Gasteiger partial charge is 0.465 e. The van der Waals surface area contributed by atoms with E-state index in [2.05, 4.69) is 4.74 Å². The number of nitrogens with zero attached hydrogens (tertiary/aromatic N) is 1. The van der Waals surface area contributed by atoms with Crippen molar-refractivity contribution in [2.75, 3.05) is 12.0 Å². The van der Waals surface area contributed by atoms with Gasteiger partial charge in [0.05, 0.1) is 47.4 Å². The zero-order valence-electron chi connectivity index (χ0n) is 12.1. The Bertz CT molecular complexity index is 744. The van der Waals surface area contributed by atoms with E-state index in [0.29, 0.717) is 5.69 Å². The molecule has 0 radical (unpaired) electrons. The molecule has 0 aliphatic carbocycles. The van der Waals surface area contributed by atoms with Crippen LogP contribution in [0.4, 0.5) is 5.69 Å². The van der Waals surface area contributed by atoms with Crippen molar-refractivity contribution in [3.05, 3.63) is 40.9 Å². The molecule has 0 unspecified atom stereocenters. The van der Waals surface area contributed by atoms with E-state index < -0.39 is 17.8 Å². The lowest BCUT2D eigenvalue weighted by Gasteiger charge is -2.18. The van der Waals surface area contributed by atoms with Gasteiger partial charge in [-0.2, -0.15) is 0 Å². The number of ether oxygens (including phenoxy) is 2. The van der Waals surface area contributed by atoms with E-state index in [4.69, 9.17) is 16.3 Å². The number of imide groups is 1. The Morgan fingerprint density at radius 1 is 1.17 bits per heavy atom. The summed E-state index contributed by atoms with van der Waals surface area (Å²) in [5.41, 5.74) is 0.431. The van der Waals surface area contributed by atoms with Gasteiger partial charge in [0.1, 0.15) is 0 Å². The van der Waals surface area contributed by atoms with Crippen LogP contribution < -0.4 is 4.90 Å². The monoisotopic (exact) mass is 333 g/mol. The third kappa shape index (κ3) is 1.88. The van der Waals surface area contributed by atoms with Gasteiger partial charge in [-0.05, 0) is 18.2 Å². The molecule has 1 aromatic carbocycles. The molecule has 0 N–H and O–H groups in total. The summed E-state index contributed by atoms with van der Waals surface area (Å²) in [5, 5.41) is 0.199. The molecule has 6 nitrogen and oxygen atoms in total. The molecule has 4 rings (SSSR count). The molecule has 23 heavy (non-hydrogen) atoms. The Balaban J connectivity index is 1.73. The molecule has 2 saturated heterocycles. The molecule has 3 aliphatic heterocycles. The van der Waals surface area contributed by atoms with E-state index in [-0.39, 0.29) is 34.6 Å². The van der Waals surface area contributed by atoms with Crippen LogP contribution in [0.1, 0.15) is 10.4 Å². The third-order valence-electron chi connectivity index (χ3n) is 4.52. The maximum atomic E-state index is 12.7. The summed E-state index contributed by atoms with van der Waals surface area (Å²) in [5.74, 6) is -2.23. The summed E-state index contributed by atoms with van der Waals surface area (Å²) in [6.07, 6.45) is 2.95. The molecule has 3 aliphatic rings. The van der Waals surface area contributed by atoms with Crippen molar-refractivity contribution < 1.29 is 23.9 Å². The van der Waals surface area contributed by atoms with Crippen LogP contribution in [0.5, 0.6) is 0 Å². The normalized spacial score (nSPS) is 31.0. The average molecular weight is 334 g/mol. The number of methoxy groups -OCH3 is 1. The van der Waals surface area contributed by atoms with E-state index in [1.165, 1.54) is 19.2 Å². The first-order valence-corrected chi connectivity index (χ1v) is 7.50. The Labute approximate surface area is 136 Å². The first-order chi connectivity index (χ1) is 11.0. The predicted octanol–water partition coefficient (Wildman–Crippen LogP) is 1.57. The second-order valence-electron chi connectivity index (χ2n) is 5.67. The van der Waals surface area contributed by atoms with Crippen LogP contribution in [-0.4, -0.2) is 37.1 Å². The molecule has 3 heterocycles. The topological polar surface area (TPSA) is 72.9 Å². The molecular formula is C16H12ClNO5. The molecule has 0 saturated carbocycles. The number of hydrogen-bond acceptors (Lipinski definition) is 5. The lowest BCUT2D eigenvalue weighted by Crippen LogP contribution is -2.34. The number of carbonyl (C=O) groups is 3. The van der Waals surface area contributed by atoms with Crippen molar-refractivity contribution in [2.45, 2.75) is 12.2 Å². The van der Waals surface area contributed by atoms with Crippen LogP contribution >= 0.6 is 11.6 Å². The zero-order valence-corrected chi connectivity index (χ0v) is 12.8. The van der Waals surface area contributed by atoms with Crippen molar-refractivity contribution in [3.63, 3.8) is 0 Å². The number of halogens is 1. The molecule has 2 amide bonds. The van der Waals surface area contributed by atoms with Gasteiger partial charge in [0, 0.05) is 0 Å². The summed E-state index contributed by atoms with van der Waals surface area (Å²) in [6, 6.07) is 4.42. The predicted molar refractivity (Wildman–Crippen MR) is 80.1 cm³/mol. The molecule has 118 valence electrons. The zero-order chi connectivity index (χ0) is 16.3. The lowest BCUT2D eigenvalue weighted by atomic mass is 9.85. The highest BCUT2D eigenvalue weighted by molar-refractivity contribution is 6.34. The number of amides is 2. The Morgan fingerprint density at radius 2 is 1.78 bits per heavy atom. The highest BCUT2D eigenvalue weighted by Crippen LogP contribution is 2.46. The van der Waals surface area contributed by atoms with E-state index in [1.54, 1.807) is 6.07 Å². The molecule has 7 heteroatoms. The van der Waals surface area contributed by atoms with E-state index >= 15 is 0 Å². The quantitative estimate of drug-likeness (QED) is 0.466. The van der Waals surface area contributed by atoms with Crippen molar-refractivity contribution in [3.8, 4) is 0 Å². The second-order valence-corrected chi connectivity index (χ2v) is 6.08. The van der Waals surface area contributed by atoms with Crippen LogP contribution in [-0.2, 0) is 19.1 Å². The first kappa shape index (κ1) is 14.4. The SMILES string of the molecule is COC(=O)c1cc(N2C(=O)[C@H]3[C@H](C2=O)[C@H]2C=C[C@H]3O2)ccc1Cl. The minimum atomic E-state index is -0.624. The number of hydrogen-bond donors (Lipinski definition) is 0. The van der Waals surface area contributed by atoms with Crippen molar-refractivity contribution in [1.29, 1.82) is 0 Å². The molecule has 0 aromatic heterocycles. The maximum Gasteiger partial charge on any atom is 0.339 e. The van der Waals surface area contributed by atoms with Gasteiger partial charge < -0.3 is 9.47 Å². The molecule has 4 atom stereocenters. The molecule has 2 fully saturated rings. The van der Waals surface area contributed by atoms with Crippen molar-refractivity contribution in [1.82, 2.24) is 0 Å². The van der Waals surface area contributed by atoms with Crippen molar-refractivity contribution in [2.24, 2.45) is 11.8 Å². The summed E-state index contributed by atoms with van der Waals surface area (Å²) >= 11 is 5.98. The van der Waals surface area contributed by atoms with Crippen LogP contribution in [0.25, 0.3) is 0 Å². The summed E-state index contributed by atoms with van der Waals surface area (Å²) in [6.45, 7) is 0. The number of rotatable bonds is 2. The highest BCUT2D eigenvalue weighted by atomic mass is 35.5. The van der Waals surface area contributed by atoms with Crippen molar-refractivity contribution >= 4 is 35.1 Å². The van der Waals surface area contributed by atoms with Gasteiger partial charge >= 0.3 is 5.97 Å². The van der Waals surface area contributed by atoms with Gasteiger partial charge in [-0.25, -0.2) is 9.69 Å². The molecule has 0 spiro atoms. The fraction of sp³-hybridized carbons (Fsp3) is 0.312. The van der Waals surface area contributed by atoms with Gasteiger partial charge in [0.25, 0.3) is 0 Å². The number of esters is 1. The van der Waals surface area contributed by atoms with Gasteiger partial charge in [-0.1, -0.05) is 23.8 Å². The average Bonchev–Trinajstić information content (AvgIpc) is 3.22. The van der Waals surface area contributed by atoms with E-state index in [0.717, 1.165) is 4.90 Å². The standard InChI is InChI=1S/C16H12ClNO5/c1-22-16(21)8-6-7(2-3-9(8)17)18-14(19)12-10-4-5-11(23-10)13(12)15(18)20/h2-6,10-13H,1H3/t10-,11-,12-,13-/m1/s1. The van der Waals surface area contributed by atoms with Crippen LogP contribution in [0.15, 0.2) is 30.4 Å². The van der Waals surface area contributed by atoms with Gasteiger partial charge in [0.15, 0.2) is 0 Å². The second kappa shape index (κ2) is 4.91. The third-order valence-corrected chi connectivity index (χ3v) is 4.85.